The van der Waals surface area contributed by atoms with E-state index in [1.807, 2.05) is 41.5 Å². The van der Waals surface area contributed by atoms with Crippen molar-refractivity contribution < 1.29 is 4.42 Å². The summed E-state index contributed by atoms with van der Waals surface area (Å²) in [5.41, 5.74) is 3.15. The molecule has 0 unspecified atom stereocenters. The zero-order valence-electron chi connectivity index (χ0n) is 12.3. The second kappa shape index (κ2) is 5.18. The highest BCUT2D eigenvalue weighted by molar-refractivity contribution is 5.82. The first-order valence-corrected chi connectivity index (χ1v) is 7.33. The van der Waals surface area contributed by atoms with E-state index in [1.54, 1.807) is 6.26 Å². The molecule has 4 aromatic rings. The predicted octanol–water partition coefficient (Wildman–Crippen LogP) is 3.56. The summed E-state index contributed by atoms with van der Waals surface area (Å²) in [6.07, 6.45) is 9.52. The number of imidazole rings is 1. The molecule has 0 fully saturated rings. The molecule has 110 valence electrons. The highest BCUT2D eigenvalue weighted by atomic mass is 16.3. The van der Waals surface area contributed by atoms with E-state index in [4.69, 9.17) is 4.42 Å². The van der Waals surface area contributed by atoms with E-state index in [-0.39, 0.29) is 0 Å². The van der Waals surface area contributed by atoms with Crippen LogP contribution < -0.4 is 0 Å². The Morgan fingerprint density at radius 1 is 1.23 bits per heavy atom. The normalized spacial score (nSPS) is 11.3. The standard InChI is InChI=1S/C17H16N4O/c1-2-21-12-13(10-19-21)11-20-7-6-18-17(20)15-3-4-16-14(9-15)5-8-22-16/h3-10,12H,2,11H2,1H3. The summed E-state index contributed by atoms with van der Waals surface area (Å²) in [7, 11) is 0. The smallest absolute Gasteiger partial charge is 0.140 e. The molecular weight excluding hydrogens is 276 g/mol. The number of aromatic nitrogens is 4. The van der Waals surface area contributed by atoms with Gasteiger partial charge in [-0.3, -0.25) is 4.68 Å². The summed E-state index contributed by atoms with van der Waals surface area (Å²) >= 11 is 0. The van der Waals surface area contributed by atoms with Gasteiger partial charge in [-0.1, -0.05) is 0 Å². The van der Waals surface area contributed by atoms with E-state index in [0.717, 1.165) is 35.4 Å². The Kier molecular flexibility index (Phi) is 3.04. The summed E-state index contributed by atoms with van der Waals surface area (Å²) in [6, 6.07) is 8.10. The second-order valence-electron chi connectivity index (χ2n) is 5.26. The Morgan fingerprint density at radius 3 is 3.05 bits per heavy atom. The van der Waals surface area contributed by atoms with Crippen molar-refractivity contribution in [2.75, 3.05) is 0 Å². The lowest BCUT2D eigenvalue weighted by molar-refractivity contribution is 0.616. The number of nitrogens with zero attached hydrogens (tertiary/aromatic N) is 4. The van der Waals surface area contributed by atoms with Crippen LogP contribution in [-0.2, 0) is 13.1 Å². The zero-order valence-corrected chi connectivity index (χ0v) is 12.3. The molecule has 1 aromatic carbocycles. The highest BCUT2D eigenvalue weighted by Gasteiger charge is 2.09. The van der Waals surface area contributed by atoms with E-state index < -0.39 is 0 Å². The Hall–Kier alpha value is -2.82. The van der Waals surface area contributed by atoms with Crippen molar-refractivity contribution in [2.45, 2.75) is 20.0 Å². The van der Waals surface area contributed by atoms with Crippen LogP contribution in [0.1, 0.15) is 12.5 Å². The molecule has 22 heavy (non-hydrogen) atoms. The third-order valence-corrected chi connectivity index (χ3v) is 3.79. The molecule has 3 aromatic heterocycles. The first-order valence-electron chi connectivity index (χ1n) is 7.33. The molecule has 5 heteroatoms. The van der Waals surface area contributed by atoms with Gasteiger partial charge in [-0.2, -0.15) is 5.10 Å². The van der Waals surface area contributed by atoms with E-state index in [9.17, 15) is 0 Å². The zero-order chi connectivity index (χ0) is 14.9. The first-order chi connectivity index (χ1) is 10.8. The van der Waals surface area contributed by atoms with Crippen molar-refractivity contribution >= 4 is 11.0 Å². The van der Waals surface area contributed by atoms with Crippen molar-refractivity contribution in [1.29, 1.82) is 0 Å². The molecule has 0 radical (unpaired) electrons. The van der Waals surface area contributed by atoms with Crippen LogP contribution in [0.4, 0.5) is 0 Å². The number of hydrogen-bond acceptors (Lipinski definition) is 3. The van der Waals surface area contributed by atoms with Gasteiger partial charge >= 0.3 is 0 Å². The molecule has 0 aliphatic rings. The van der Waals surface area contributed by atoms with Gasteiger partial charge in [0.2, 0.25) is 0 Å². The van der Waals surface area contributed by atoms with Crippen LogP contribution >= 0.6 is 0 Å². The van der Waals surface area contributed by atoms with E-state index in [1.165, 1.54) is 5.56 Å². The van der Waals surface area contributed by atoms with Gasteiger partial charge in [0, 0.05) is 41.6 Å². The molecule has 4 rings (SSSR count). The van der Waals surface area contributed by atoms with Crippen molar-refractivity contribution in [3.63, 3.8) is 0 Å². The maximum Gasteiger partial charge on any atom is 0.140 e. The number of aryl methyl sites for hydroxylation is 1. The van der Waals surface area contributed by atoms with Crippen molar-refractivity contribution in [2.24, 2.45) is 0 Å². The fraction of sp³-hybridized carbons (Fsp3) is 0.176. The molecular formula is C17H16N4O. The van der Waals surface area contributed by atoms with Gasteiger partial charge in [0.25, 0.3) is 0 Å². The van der Waals surface area contributed by atoms with Gasteiger partial charge in [0.15, 0.2) is 0 Å². The van der Waals surface area contributed by atoms with Crippen molar-refractivity contribution in [3.05, 3.63) is 60.9 Å². The summed E-state index contributed by atoms with van der Waals surface area (Å²) in [5.74, 6) is 0.951. The number of furan rings is 1. The topological polar surface area (TPSA) is 48.8 Å². The molecule has 0 aliphatic carbocycles. The molecule has 0 atom stereocenters. The lowest BCUT2D eigenvalue weighted by atomic mass is 10.1. The summed E-state index contributed by atoms with van der Waals surface area (Å²) in [5, 5.41) is 5.41. The third-order valence-electron chi connectivity index (χ3n) is 3.79. The molecule has 3 heterocycles. The number of hydrogen-bond donors (Lipinski definition) is 0. The van der Waals surface area contributed by atoms with Gasteiger partial charge in [0.05, 0.1) is 19.0 Å². The fourth-order valence-corrected chi connectivity index (χ4v) is 2.66. The monoisotopic (exact) mass is 292 g/mol. The molecule has 0 spiro atoms. The fourth-order valence-electron chi connectivity index (χ4n) is 2.66. The largest absolute Gasteiger partial charge is 0.464 e. The van der Waals surface area contributed by atoms with Gasteiger partial charge in [-0.25, -0.2) is 4.98 Å². The first kappa shape index (κ1) is 12.9. The maximum atomic E-state index is 5.39. The minimum atomic E-state index is 0.763. The summed E-state index contributed by atoms with van der Waals surface area (Å²) in [6.45, 7) is 3.73. The molecule has 0 saturated carbocycles. The van der Waals surface area contributed by atoms with E-state index in [0.29, 0.717) is 0 Å². The minimum Gasteiger partial charge on any atom is -0.464 e. The second-order valence-corrected chi connectivity index (χ2v) is 5.26. The van der Waals surface area contributed by atoms with Crippen LogP contribution in [0.15, 0.2) is 59.7 Å². The van der Waals surface area contributed by atoms with Crippen LogP contribution in [0, 0.1) is 0 Å². The van der Waals surface area contributed by atoms with Gasteiger partial charge in [-0.05, 0) is 31.2 Å². The predicted molar refractivity (Wildman–Crippen MR) is 84.4 cm³/mol. The Bertz CT molecular complexity index is 915. The van der Waals surface area contributed by atoms with Gasteiger partial charge < -0.3 is 8.98 Å². The lowest BCUT2D eigenvalue weighted by Crippen LogP contribution is -2.00. The Labute approximate surface area is 127 Å². The van der Waals surface area contributed by atoms with E-state index >= 15 is 0 Å². The summed E-state index contributed by atoms with van der Waals surface area (Å²) in [4.78, 5) is 4.51. The number of benzene rings is 1. The van der Waals surface area contributed by atoms with Crippen LogP contribution in [0.5, 0.6) is 0 Å². The maximum absolute atomic E-state index is 5.39. The van der Waals surface area contributed by atoms with Crippen LogP contribution in [0.3, 0.4) is 0 Å². The van der Waals surface area contributed by atoms with Crippen molar-refractivity contribution in [3.8, 4) is 11.4 Å². The Morgan fingerprint density at radius 2 is 2.18 bits per heavy atom. The molecule has 0 bridgehead atoms. The molecule has 0 amide bonds. The molecule has 0 saturated heterocycles. The lowest BCUT2D eigenvalue weighted by Gasteiger charge is -2.06. The van der Waals surface area contributed by atoms with Gasteiger partial charge in [-0.15, -0.1) is 0 Å². The van der Waals surface area contributed by atoms with Crippen molar-refractivity contribution in [1.82, 2.24) is 19.3 Å². The quantitative estimate of drug-likeness (QED) is 0.578. The molecule has 0 aliphatic heterocycles. The average Bonchev–Trinajstić information content (AvgIpc) is 3.27. The van der Waals surface area contributed by atoms with Crippen LogP contribution in [0.2, 0.25) is 0 Å². The van der Waals surface area contributed by atoms with Gasteiger partial charge in [0.1, 0.15) is 11.4 Å². The number of rotatable bonds is 4. The minimum absolute atomic E-state index is 0.763. The van der Waals surface area contributed by atoms with Crippen LogP contribution in [0.25, 0.3) is 22.4 Å². The SMILES string of the molecule is CCn1cc(Cn2ccnc2-c2ccc3occc3c2)cn1. The number of fused-ring (bicyclic) bond motifs is 1. The van der Waals surface area contributed by atoms with Crippen LogP contribution in [-0.4, -0.2) is 19.3 Å². The molecule has 0 N–H and O–H groups in total. The average molecular weight is 292 g/mol. The Balaban J connectivity index is 1.69. The van der Waals surface area contributed by atoms with E-state index in [2.05, 4.69) is 33.8 Å². The molecule has 5 nitrogen and oxygen atoms in total. The summed E-state index contributed by atoms with van der Waals surface area (Å²) < 4.78 is 9.46. The highest BCUT2D eigenvalue weighted by Crippen LogP contribution is 2.24. The third kappa shape index (κ3) is 2.20.